The summed E-state index contributed by atoms with van der Waals surface area (Å²) in [6.45, 7) is 7.91. The number of amides is 1. The SMILES string of the molecule is Cc1cnc(-c2c(OC3CCCCN3C(=O)OC(C)(C)C)cccc2C(=O)O)s1. The van der Waals surface area contributed by atoms with Gasteiger partial charge in [-0.25, -0.2) is 14.6 Å². The van der Waals surface area contributed by atoms with Crippen LogP contribution >= 0.6 is 11.3 Å². The Morgan fingerprint density at radius 2 is 2.03 bits per heavy atom. The highest BCUT2D eigenvalue weighted by atomic mass is 32.1. The number of hydrogen-bond acceptors (Lipinski definition) is 6. The van der Waals surface area contributed by atoms with Gasteiger partial charge in [-0.05, 0) is 52.7 Å². The van der Waals surface area contributed by atoms with Crippen molar-refractivity contribution in [1.82, 2.24) is 9.88 Å². The third-order valence-corrected chi connectivity index (χ3v) is 5.36. The van der Waals surface area contributed by atoms with Gasteiger partial charge in [0.15, 0.2) is 6.23 Å². The lowest BCUT2D eigenvalue weighted by molar-refractivity contribution is -0.0340. The molecule has 1 N–H and O–H groups in total. The lowest BCUT2D eigenvalue weighted by Gasteiger charge is -2.36. The minimum atomic E-state index is -1.05. The highest BCUT2D eigenvalue weighted by Crippen LogP contribution is 2.37. The zero-order valence-corrected chi connectivity index (χ0v) is 17.9. The van der Waals surface area contributed by atoms with Crippen LogP contribution in [0.3, 0.4) is 0 Å². The van der Waals surface area contributed by atoms with Gasteiger partial charge in [0.05, 0.1) is 11.1 Å². The van der Waals surface area contributed by atoms with Gasteiger partial charge in [0.1, 0.15) is 16.4 Å². The lowest BCUT2D eigenvalue weighted by atomic mass is 10.1. The number of likely N-dealkylation sites (tertiary alicyclic amines) is 1. The molecule has 1 aliphatic heterocycles. The molecule has 0 radical (unpaired) electrons. The average molecular weight is 419 g/mol. The van der Waals surface area contributed by atoms with Crippen LogP contribution < -0.4 is 4.74 Å². The number of hydrogen-bond donors (Lipinski definition) is 1. The maximum atomic E-state index is 12.7. The first-order valence-corrected chi connectivity index (χ1v) is 10.4. The molecule has 1 aromatic carbocycles. The number of aryl methyl sites for hydroxylation is 1. The van der Waals surface area contributed by atoms with E-state index in [-0.39, 0.29) is 5.56 Å². The topological polar surface area (TPSA) is 89.0 Å². The molecule has 2 aromatic rings. The normalized spacial score (nSPS) is 17.1. The monoisotopic (exact) mass is 418 g/mol. The molecule has 1 aromatic heterocycles. The summed E-state index contributed by atoms with van der Waals surface area (Å²) in [5.41, 5.74) is -0.0458. The molecule has 1 aliphatic rings. The zero-order valence-electron chi connectivity index (χ0n) is 17.1. The van der Waals surface area contributed by atoms with E-state index in [0.717, 1.165) is 17.7 Å². The number of nitrogens with zero attached hydrogens (tertiary/aromatic N) is 2. The number of ether oxygens (including phenoxy) is 2. The largest absolute Gasteiger partial charge is 0.478 e. The molecule has 0 aliphatic carbocycles. The fourth-order valence-electron chi connectivity index (χ4n) is 3.20. The van der Waals surface area contributed by atoms with Gasteiger partial charge in [-0.15, -0.1) is 11.3 Å². The number of thiazole rings is 1. The standard InChI is InChI=1S/C21H26N2O5S/c1-13-12-22-18(29-13)17-14(19(24)25)8-7-9-15(17)27-16-10-5-6-11-23(16)20(26)28-21(2,3)4/h7-9,12,16H,5-6,10-11H2,1-4H3,(H,24,25). The van der Waals surface area contributed by atoms with E-state index in [9.17, 15) is 14.7 Å². The van der Waals surface area contributed by atoms with Gasteiger partial charge in [-0.3, -0.25) is 4.90 Å². The van der Waals surface area contributed by atoms with Crippen LogP contribution in [0.4, 0.5) is 4.79 Å². The maximum Gasteiger partial charge on any atom is 0.413 e. The molecule has 2 heterocycles. The van der Waals surface area contributed by atoms with Crippen LogP contribution in [0, 0.1) is 6.92 Å². The Balaban J connectivity index is 1.95. The van der Waals surface area contributed by atoms with Crippen molar-refractivity contribution in [3.05, 3.63) is 34.8 Å². The van der Waals surface area contributed by atoms with Gasteiger partial charge in [0.2, 0.25) is 0 Å². The average Bonchev–Trinajstić information content (AvgIpc) is 3.06. The molecule has 1 fully saturated rings. The van der Waals surface area contributed by atoms with Crippen LogP contribution in [0.25, 0.3) is 10.6 Å². The Bertz CT molecular complexity index is 903. The van der Waals surface area contributed by atoms with Crippen LogP contribution in [0.2, 0.25) is 0 Å². The first-order chi connectivity index (χ1) is 13.7. The molecule has 3 rings (SSSR count). The number of carbonyl (C=O) groups excluding carboxylic acids is 1. The summed E-state index contributed by atoms with van der Waals surface area (Å²) >= 11 is 1.40. The van der Waals surface area contributed by atoms with Crippen LogP contribution in [0.15, 0.2) is 24.4 Å². The molecule has 1 unspecified atom stereocenters. The Kier molecular flexibility index (Phi) is 6.12. The third-order valence-electron chi connectivity index (χ3n) is 4.43. The molecule has 0 saturated carbocycles. The van der Waals surface area contributed by atoms with Crippen molar-refractivity contribution in [2.45, 2.75) is 58.8 Å². The van der Waals surface area contributed by atoms with Crippen LogP contribution in [-0.4, -0.2) is 45.4 Å². The molecule has 156 valence electrons. The summed E-state index contributed by atoms with van der Waals surface area (Å²) in [6, 6.07) is 4.90. The van der Waals surface area contributed by atoms with E-state index in [1.165, 1.54) is 17.4 Å². The van der Waals surface area contributed by atoms with E-state index in [1.54, 1.807) is 23.2 Å². The highest BCUT2D eigenvalue weighted by Gasteiger charge is 2.33. The fraction of sp³-hybridized carbons (Fsp3) is 0.476. The maximum absolute atomic E-state index is 12.7. The van der Waals surface area contributed by atoms with Gasteiger partial charge in [-0.2, -0.15) is 0 Å². The van der Waals surface area contributed by atoms with Gasteiger partial charge >= 0.3 is 12.1 Å². The number of carboxylic acids is 1. The predicted octanol–water partition coefficient (Wildman–Crippen LogP) is 4.94. The fourth-order valence-corrected chi connectivity index (χ4v) is 4.03. The van der Waals surface area contributed by atoms with Crippen molar-refractivity contribution in [1.29, 1.82) is 0 Å². The molecule has 1 amide bonds. The van der Waals surface area contributed by atoms with Gasteiger partial charge in [0, 0.05) is 24.0 Å². The number of carbonyl (C=O) groups is 2. The lowest BCUT2D eigenvalue weighted by Crippen LogP contribution is -2.48. The first-order valence-electron chi connectivity index (χ1n) is 9.61. The van der Waals surface area contributed by atoms with Crippen molar-refractivity contribution in [2.24, 2.45) is 0 Å². The van der Waals surface area contributed by atoms with E-state index >= 15 is 0 Å². The van der Waals surface area contributed by atoms with E-state index in [0.29, 0.717) is 29.3 Å². The Morgan fingerprint density at radius 3 is 2.66 bits per heavy atom. The summed E-state index contributed by atoms with van der Waals surface area (Å²) in [4.78, 5) is 31.4. The number of benzene rings is 1. The van der Waals surface area contributed by atoms with Crippen LogP contribution in [0.1, 0.15) is 55.3 Å². The minimum Gasteiger partial charge on any atom is -0.478 e. The van der Waals surface area contributed by atoms with E-state index in [4.69, 9.17) is 9.47 Å². The number of aromatic carboxylic acids is 1. The number of aromatic nitrogens is 1. The third kappa shape index (κ3) is 5.06. The van der Waals surface area contributed by atoms with Crippen molar-refractivity contribution < 1.29 is 24.2 Å². The van der Waals surface area contributed by atoms with E-state index < -0.39 is 23.9 Å². The summed E-state index contributed by atoms with van der Waals surface area (Å²) in [7, 11) is 0. The molecule has 1 atom stereocenters. The van der Waals surface area contributed by atoms with Gasteiger partial charge in [-0.1, -0.05) is 6.07 Å². The second-order valence-corrected chi connectivity index (χ2v) is 9.24. The Labute approximate surface area is 174 Å². The van der Waals surface area contributed by atoms with Crippen LogP contribution in [-0.2, 0) is 4.74 Å². The van der Waals surface area contributed by atoms with Crippen molar-refractivity contribution in [2.75, 3.05) is 6.54 Å². The second kappa shape index (κ2) is 8.41. The second-order valence-electron chi connectivity index (χ2n) is 8.00. The van der Waals surface area contributed by atoms with Crippen LogP contribution in [0.5, 0.6) is 5.75 Å². The van der Waals surface area contributed by atoms with Crippen molar-refractivity contribution in [3.8, 4) is 16.3 Å². The zero-order chi connectivity index (χ0) is 21.2. The number of rotatable bonds is 4. The molecule has 7 nitrogen and oxygen atoms in total. The summed E-state index contributed by atoms with van der Waals surface area (Å²) in [6.07, 6.45) is 3.18. The Morgan fingerprint density at radius 1 is 1.28 bits per heavy atom. The van der Waals surface area contributed by atoms with Gasteiger partial charge in [0.25, 0.3) is 0 Å². The summed E-state index contributed by atoms with van der Waals surface area (Å²) in [5.74, 6) is -0.648. The molecule has 8 heteroatoms. The number of carboxylic acid groups (broad SMARTS) is 1. The summed E-state index contributed by atoms with van der Waals surface area (Å²) < 4.78 is 11.7. The Hall–Kier alpha value is -2.61. The minimum absolute atomic E-state index is 0.122. The molecular weight excluding hydrogens is 392 g/mol. The smallest absolute Gasteiger partial charge is 0.413 e. The molecule has 1 saturated heterocycles. The van der Waals surface area contributed by atoms with Crippen molar-refractivity contribution in [3.63, 3.8) is 0 Å². The molecule has 0 spiro atoms. The molecule has 29 heavy (non-hydrogen) atoms. The highest BCUT2D eigenvalue weighted by molar-refractivity contribution is 7.15. The van der Waals surface area contributed by atoms with Gasteiger partial charge < -0.3 is 14.6 Å². The summed E-state index contributed by atoms with van der Waals surface area (Å²) in [5, 5.41) is 10.2. The predicted molar refractivity (Wildman–Crippen MR) is 110 cm³/mol. The van der Waals surface area contributed by atoms with E-state index in [2.05, 4.69) is 4.98 Å². The first kappa shape index (κ1) is 21.1. The molecule has 0 bridgehead atoms. The van der Waals surface area contributed by atoms with E-state index in [1.807, 2.05) is 27.7 Å². The van der Waals surface area contributed by atoms with Crippen molar-refractivity contribution >= 4 is 23.4 Å². The number of piperidine rings is 1. The molecular formula is C21H26N2O5S. The quantitative estimate of drug-likeness (QED) is 0.756.